The number of halogens is 1. The molecule has 1 N–H and O–H groups in total. The van der Waals surface area contributed by atoms with Gasteiger partial charge < -0.3 is 5.32 Å². The number of fused-ring (bicyclic) bond motifs is 1. The third kappa shape index (κ3) is 2.30. The van der Waals surface area contributed by atoms with Crippen LogP contribution in [0.15, 0.2) is 29.8 Å². The van der Waals surface area contributed by atoms with Crippen molar-refractivity contribution in [3.63, 3.8) is 0 Å². The van der Waals surface area contributed by atoms with E-state index >= 15 is 0 Å². The topological polar surface area (TPSA) is 24.9 Å². The summed E-state index contributed by atoms with van der Waals surface area (Å²) in [5, 5.41) is 7.67. The summed E-state index contributed by atoms with van der Waals surface area (Å²) in [7, 11) is 0. The zero-order valence-electron chi connectivity index (χ0n) is 10.2. The first kappa shape index (κ1) is 12.2. The van der Waals surface area contributed by atoms with E-state index in [1.807, 2.05) is 17.6 Å². The number of aromatic nitrogens is 1. The van der Waals surface area contributed by atoms with Gasteiger partial charge in [-0.25, -0.2) is 4.98 Å². The molecular formula is C14H15ClN2S. The van der Waals surface area contributed by atoms with Crippen LogP contribution in [0.5, 0.6) is 0 Å². The summed E-state index contributed by atoms with van der Waals surface area (Å²) in [4.78, 5) is 4.36. The van der Waals surface area contributed by atoms with Crippen LogP contribution in [0.4, 0.5) is 0 Å². The van der Waals surface area contributed by atoms with Crippen LogP contribution in [0, 0.1) is 0 Å². The minimum Gasteiger partial charge on any atom is -0.301 e. The Hall–Kier alpha value is -0.900. The van der Waals surface area contributed by atoms with Crippen LogP contribution in [-0.2, 0) is 6.42 Å². The van der Waals surface area contributed by atoms with E-state index in [2.05, 4.69) is 29.4 Å². The summed E-state index contributed by atoms with van der Waals surface area (Å²) in [6, 6.07) is 6.95. The van der Waals surface area contributed by atoms with Crippen LogP contribution in [0.25, 0.3) is 0 Å². The molecule has 1 aliphatic rings. The standard InChI is InChI=1S/C14H15ClN2S/c1-9(14-16-6-7-18-14)17-13-5-2-10-8-11(15)3-4-12(10)13/h3-4,6-9,13,17H,2,5H2,1H3. The summed E-state index contributed by atoms with van der Waals surface area (Å²) in [5.41, 5.74) is 2.77. The monoisotopic (exact) mass is 278 g/mol. The Labute approximate surface area is 116 Å². The number of rotatable bonds is 3. The maximum atomic E-state index is 6.03. The first-order chi connectivity index (χ1) is 8.74. The SMILES string of the molecule is CC(NC1CCc2cc(Cl)ccc21)c1nccs1. The van der Waals surface area contributed by atoms with Crippen molar-refractivity contribution in [3.8, 4) is 0 Å². The van der Waals surface area contributed by atoms with Crippen molar-refractivity contribution in [1.29, 1.82) is 0 Å². The predicted molar refractivity (Wildman–Crippen MR) is 76.2 cm³/mol. The van der Waals surface area contributed by atoms with E-state index in [-0.39, 0.29) is 0 Å². The molecule has 0 spiro atoms. The van der Waals surface area contributed by atoms with Crippen molar-refractivity contribution in [2.45, 2.75) is 31.8 Å². The average Bonchev–Trinajstić information content (AvgIpc) is 2.98. The number of hydrogen-bond donors (Lipinski definition) is 1. The molecule has 2 nitrogen and oxygen atoms in total. The number of benzene rings is 1. The van der Waals surface area contributed by atoms with E-state index in [4.69, 9.17) is 11.6 Å². The number of thiazole rings is 1. The van der Waals surface area contributed by atoms with Crippen LogP contribution in [-0.4, -0.2) is 4.98 Å². The smallest absolute Gasteiger partial charge is 0.109 e. The van der Waals surface area contributed by atoms with E-state index in [0.717, 1.165) is 22.9 Å². The first-order valence-electron chi connectivity index (χ1n) is 6.18. The molecule has 0 saturated heterocycles. The minimum absolute atomic E-state index is 0.302. The van der Waals surface area contributed by atoms with Gasteiger partial charge >= 0.3 is 0 Å². The quantitative estimate of drug-likeness (QED) is 0.913. The van der Waals surface area contributed by atoms with Gasteiger partial charge in [0.1, 0.15) is 5.01 Å². The van der Waals surface area contributed by atoms with Gasteiger partial charge in [0, 0.05) is 22.6 Å². The molecule has 2 unspecified atom stereocenters. The normalized spacial score (nSPS) is 19.8. The third-order valence-corrected chi connectivity index (χ3v) is 4.65. The third-order valence-electron chi connectivity index (χ3n) is 3.46. The lowest BCUT2D eigenvalue weighted by Gasteiger charge is -2.18. The van der Waals surface area contributed by atoms with Gasteiger partial charge in [0.2, 0.25) is 0 Å². The van der Waals surface area contributed by atoms with Crippen molar-refractivity contribution in [2.24, 2.45) is 0 Å². The molecule has 1 aromatic carbocycles. The highest BCUT2D eigenvalue weighted by Crippen LogP contribution is 2.34. The molecule has 4 heteroatoms. The van der Waals surface area contributed by atoms with Crippen molar-refractivity contribution in [2.75, 3.05) is 0 Å². The second-order valence-electron chi connectivity index (χ2n) is 4.69. The number of hydrogen-bond acceptors (Lipinski definition) is 3. The largest absolute Gasteiger partial charge is 0.301 e. The highest BCUT2D eigenvalue weighted by atomic mass is 35.5. The highest BCUT2D eigenvalue weighted by Gasteiger charge is 2.24. The lowest BCUT2D eigenvalue weighted by Crippen LogP contribution is -2.22. The lowest BCUT2D eigenvalue weighted by molar-refractivity contribution is 0.464. The molecule has 1 aromatic heterocycles. The molecule has 1 heterocycles. The van der Waals surface area contributed by atoms with Crippen LogP contribution in [0.2, 0.25) is 5.02 Å². The van der Waals surface area contributed by atoms with Crippen molar-refractivity contribution < 1.29 is 0 Å². The Bertz CT molecular complexity index is 539. The van der Waals surface area contributed by atoms with Crippen LogP contribution in [0.3, 0.4) is 0 Å². The first-order valence-corrected chi connectivity index (χ1v) is 7.43. The zero-order valence-corrected chi connectivity index (χ0v) is 11.8. The summed E-state index contributed by atoms with van der Waals surface area (Å²) in [6.07, 6.45) is 4.12. The lowest BCUT2D eigenvalue weighted by atomic mass is 10.1. The van der Waals surface area contributed by atoms with E-state index < -0.39 is 0 Å². The molecule has 2 aromatic rings. The molecule has 3 rings (SSSR count). The van der Waals surface area contributed by atoms with Crippen molar-refractivity contribution in [1.82, 2.24) is 10.3 Å². The molecular weight excluding hydrogens is 264 g/mol. The predicted octanol–water partition coefficient (Wildman–Crippen LogP) is 4.13. The second kappa shape index (κ2) is 5.00. The minimum atomic E-state index is 0.302. The Balaban J connectivity index is 1.77. The van der Waals surface area contributed by atoms with Gasteiger partial charge in [0.25, 0.3) is 0 Å². The molecule has 0 fully saturated rings. The van der Waals surface area contributed by atoms with Crippen molar-refractivity contribution >= 4 is 22.9 Å². The van der Waals surface area contributed by atoms with Crippen LogP contribution >= 0.6 is 22.9 Å². The Morgan fingerprint density at radius 2 is 2.39 bits per heavy atom. The molecule has 0 aliphatic heterocycles. The maximum absolute atomic E-state index is 6.03. The van der Waals surface area contributed by atoms with Gasteiger partial charge in [0.15, 0.2) is 0 Å². The fraction of sp³-hybridized carbons (Fsp3) is 0.357. The highest BCUT2D eigenvalue weighted by molar-refractivity contribution is 7.09. The summed E-state index contributed by atoms with van der Waals surface area (Å²) < 4.78 is 0. The number of nitrogens with one attached hydrogen (secondary N) is 1. The summed E-state index contributed by atoms with van der Waals surface area (Å²) in [6.45, 7) is 2.17. The molecule has 0 saturated carbocycles. The number of aryl methyl sites for hydroxylation is 1. The van der Waals surface area contributed by atoms with E-state index in [0.29, 0.717) is 12.1 Å². The van der Waals surface area contributed by atoms with Gasteiger partial charge in [-0.1, -0.05) is 17.7 Å². The van der Waals surface area contributed by atoms with Gasteiger partial charge in [-0.05, 0) is 43.0 Å². The number of nitrogens with zero attached hydrogens (tertiary/aromatic N) is 1. The van der Waals surface area contributed by atoms with E-state index in [1.54, 1.807) is 11.3 Å². The van der Waals surface area contributed by atoms with Crippen molar-refractivity contribution in [3.05, 3.63) is 50.9 Å². The van der Waals surface area contributed by atoms with E-state index in [1.165, 1.54) is 11.1 Å². The van der Waals surface area contributed by atoms with E-state index in [9.17, 15) is 0 Å². The van der Waals surface area contributed by atoms with Gasteiger partial charge in [-0.15, -0.1) is 11.3 Å². The van der Waals surface area contributed by atoms with Gasteiger partial charge in [-0.2, -0.15) is 0 Å². The maximum Gasteiger partial charge on any atom is 0.109 e. The van der Waals surface area contributed by atoms with Crippen LogP contribution in [0.1, 0.15) is 41.6 Å². The summed E-state index contributed by atoms with van der Waals surface area (Å²) >= 11 is 7.73. The van der Waals surface area contributed by atoms with Gasteiger partial charge in [-0.3, -0.25) is 0 Å². The van der Waals surface area contributed by atoms with Gasteiger partial charge in [0.05, 0.1) is 6.04 Å². The fourth-order valence-electron chi connectivity index (χ4n) is 2.58. The molecule has 18 heavy (non-hydrogen) atoms. The Morgan fingerprint density at radius 1 is 1.50 bits per heavy atom. The van der Waals surface area contributed by atoms with Crippen LogP contribution < -0.4 is 5.32 Å². The second-order valence-corrected chi connectivity index (χ2v) is 6.06. The molecule has 2 atom stereocenters. The summed E-state index contributed by atoms with van der Waals surface area (Å²) in [5.74, 6) is 0. The molecule has 0 radical (unpaired) electrons. The Kier molecular flexibility index (Phi) is 3.37. The Morgan fingerprint density at radius 3 is 3.17 bits per heavy atom. The molecule has 94 valence electrons. The average molecular weight is 279 g/mol. The molecule has 0 bridgehead atoms. The zero-order chi connectivity index (χ0) is 12.5. The molecule has 0 amide bonds. The molecule has 1 aliphatic carbocycles. The fourth-order valence-corrected chi connectivity index (χ4v) is 3.43.